The van der Waals surface area contributed by atoms with E-state index in [0.717, 1.165) is 6.42 Å². The van der Waals surface area contributed by atoms with E-state index in [1.165, 1.54) is 28.6 Å². The number of aromatic nitrogens is 2. The van der Waals surface area contributed by atoms with Gasteiger partial charge >= 0.3 is 0 Å². The van der Waals surface area contributed by atoms with Crippen LogP contribution in [0.2, 0.25) is 0 Å². The fourth-order valence-electron chi connectivity index (χ4n) is 3.03. The monoisotopic (exact) mass is 264 g/mol. The molecule has 102 valence electrons. The van der Waals surface area contributed by atoms with E-state index in [-0.39, 0.29) is 0 Å². The Labute approximate surface area is 120 Å². The number of aryl methyl sites for hydroxylation is 1. The lowest BCUT2D eigenvalue weighted by molar-refractivity contribution is 0.538. The Morgan fingerprint density at radius 3 is 2.60 bits per heavy atom. The van der Waals surface area contributed by atoms with E-state index in [9.17, 15) is 0 Å². The van der Waals surface area contributed by atoms with Crippen molar-refractivity contribution in [1.29, 1.82) is 0 Å². The van der Waals surface area contributed by atoms with E-state index < -0.39 is 0 Å². The first kappa shape index (κ1) is 12.9. The summed E-state index contributed by atoms with van der Waals surface area (Å²) in [6, 6.07) is 15.6. The van der Waals surface area contributed by atoms with E-state index in [4.69, 9.17) is 0 Å². The summed E-state index contributed by atoms with van der Waals surface area (Å²) in [6.07, 6.45) is 6.08. The molecule has 0 spiro atoms. The third-order valence-corrected chi connectivity index (χ3v) is 3.91. The number of nitrogens with zero attached hydrogens (tertiary/aromatic N) is 2. The topological polar surface area (TPSA) is 17.8 Å². The van der Waals surface area contributed by atoms with Gasteiger partial charge in [-0.15, -0.1) is 0 Å². The summed E-state index contributed by atoms with van der Waals surface area (Å²) in [6.45, 7) is 4.44. The molecule has 0 radical (unpaired) electrons. The van der Waals surface area contributed by atoms with Gasteiger partial charge in [-0.05, 0) is 48.6 Å². The van der Waals surface area contributed by atoms with Crippen molar-refractivity contribution >= 4 is 10.9 Å². The summed E-state index contributed by atoms with van der Waals surface area (Å²) >= 11 is 0. The number of rotatable bonds is 4. The van der Waals surface area contributed by atoms with E-state index in [2.05, 4.69) is 65.9 Å². The van der Waals surface area contributed by atoms with Gasteiger partial charge in [-0.1, -0.05) is 31.5 Å². The Kier molecular flexibility index (Phi) is 3.55. The predicted molar refractivity (Wildman–Crippen MR) is 84.0 cm³/mol. The van der Waals surface area contributed by atoms with Crippen molar-refractivity contribution < 1.29 is 0 Å². The Hall–Kier alpha value is -2.09. The van der Waals surface area contributed by atoms with E-state index in [1.807, 2.05) is 12.4 Å². The highest BCUT2D eigenvalue weighted by molar-refractivity contribution is 5.81. The molecule has 0 N–H and O–H groups in total. The van der Waals surface area contributed by atoms with Crippen LogP contribution in [-0.2, 0) is 0 Å². The Balaban J connectivity index is 2.17. The van der Waals surface area contributed by atoms with Gasteiger partial charge < -0.3 is 4.57 Å². The molecule has 0 aliphatic carbocycles. The van der Waals surface area contributed by atoms with Crippen molar-refractivity contribution in [3.05, 3.63) is 66.1 Å². The summed E-state index contributed by atoms with van der Waals surface area (Å²) < 4.78 is 2.47. The number of benzene rings is 1. The molecule has 0 aliphatic heterocycles. The minimum absolute atomic E-state index is 0.392. The van der Waals surface area contributed by atoms with Crippen molar-refractivity contribution in [2.24, 2.45) is 0 Å². The summed E-state index contributed by atoms with van der Waals surface area (Å²) in [5, 5.41) is 1.32. The largest absolute Gasteiger partial charge is 0.337 e. The van der Waals surface area contributed by atoms with E-state index >= 15 is 0 Å². The Morgan fingerprint density at radius 1 is 1.10 bits per heavy atom. The molecular formula is C18H20N2. The molecule has 20 heavy (non-hydrogen) atoms. The predicted octanol–water partition coefficient (Wildman–Crippen LogP) is 4.73. The van der Waals surface area contributed by atoms with Crippen LogP contribution in [0.3, 0.4) is 0 Å². The lowest BCUT2D eigenvalue weighted by Crippen LogP contribution is -2.11. The molecule has 0 aliphatic rings. The molecule has 1 unspecified atom stereocenters. The number of fused-ring (bicyclic) bond motifs is 1. The summed E-state index contributed by atoms with van der Waals surface area (Å²) in [4.78, 5) is 4.14. The maximum atomic E-state index is 4.14. The molecule has 0 bridgehead atoms. The molecule has 2 heteroatoms. The summed E-state index contributed by atoms with van der Waals surface area (Å²) in [5.74, 6) is 0. The zero-order chi connectivity index (χ0) is 13.9. The molecule has 0 amide bonds. The second kappa shape index (κ2) is 5.49. The molecule has 2 aromatic heterocycles. The standard InChI is InChI=1S/C18H20N2/c1-3-6-17(15-9-11-19-12-10-15)20-14(2)13-16-7-4-5-8-18(16)20/h4-5,7-13,17H,3,6H2,1-2H3. The third kappa shape index (κ3) is 2.22. The van der Waals surface area contributed by atoms with Crippen LogP contribution < -0.4 is 0 Å². The quantitative estimate of drug-likeness (QED) is 0.666. The zero-order valence-electron chi connectivity index (χ0n) is 12.1. The lowest BCUT2D eigenvalue weighted by atomic mass is 10.0. The summed E-state index contributed by atoms with van der Waals surface area (Å²) in [7, 11) is 0. The number of pyridine rings is 1. The molecule has 2 heterocycles. The molecule has 2 nitrogen and oxygen atoms in total. The zero-order valence-corrected chi connectivity index (χ0v) is 12.1. The maximum Gasteiger partial charge on any atom is 0.0589 e. The minimum atomic E-state index is 0.392. The van der Waals surface area contributed by atoms with Crippen LogP contribution in [-0.4, -0.2) is 9.55 Å². The van der Waals surface area contributed by atoms with Crippen molar-refractivity contribution in [3.63, 3.8) is 0 Å². The second-order valence-electron chi connectivity index (χ2n) is 5.30. The van der Waals surface area contributed by atoms with Gasteiger partial charge in [0.2, 0.25) is 0 Å². The normalized spacial score (nSPS) is 12.7. The fourth-order valence-corrected chi connectivity index (χ4v) is 3.03. The van der Waals surface area contributed by atoms with Crippen molar-refractivity contribution in [2.45, 2.75) is 32.7 Å². The van der Waals surface area contributed by atoms with Gasteiger partial charge in [-0.25, -0.2) is 0 Å². The van der Waals surface area contributed by atoms with Gasteiger partial charge in [0, 0.05) is 23.6 Å². The van der Waals surface area contributed by atoms with Gasteiger partial charge in [0.15, 0.2) is 0 Å². The van der Waals surface area contributed by atoms with Gasteiger partial charge in [0.1, 0.15) is 0 Å². The molecule has 0 saturated carbocycles. The Morgan fingerprint density at radius 2 is 1.85 bits per heavy atom. The number of hydrogen-bond acceptors (Lipinski definition) is 1. The van der Waals surface area contributed by atoms with Crippen LogP contribution in [0, 0.1) is 6.92 Å². The van der Waals surface area contributed by atoms with Gasteiger partial charge in [0.25, 0.3) is 0 Å². The number of hydrogen-bond donors (Lipinski definition) is 0. The first-order valence-corrected chi connectivity index (χ1v) is 7.27. The summed E-state index contributed by atoms with van der Waals surface area (Å²) in [5.41, 5.74) is 3.98. The van der Waals surface area contributed by atoms with Crippen LogP contribution >= 0.6 is 0 Å². The van der Waals surface area contributed by atoms with Gasteiger partial charge in [-0.2, -0.15) is 0 Å². The second-order valence-corrected chi connectivity index (χ2v) is 5.30. The highest BCUT2D eigenvalue weighted by Gasteiger charge is 2.16. The third-order valence-electron chi connectivity index (χ3n) is 3.91. The molecular weight excluding hydrogens is 244 g/mol. The van der Waals surface area contributed by atoms with Crippen LogP contribution in [0.1, 0.15) is 37.1 Å². The lowest BCUT2D eigenvalue weighted by Gasteiger charge is -2.22. The average molecular weight is 264 g/mol. The highest BCUT2D eigenvalue weighted by atomic mass is 15.0. The van der Waals surface area contributed by atoms with Crippen molar-refractivity contribution in [1.82, 2.24) is 9.55 Å². The average Bonchev–Trinajstić information content (AvgIpc) is 2.82. The first-order valence-electron chi connectivity index (χ1n) is 7.27. The molecule has 3 rings (SSSR count). The first-order chi connectivity index (χ1) is 9.81. The van der Waals surface area contributed by atoms with E-state index in [1.54, 1.807) is 0 Å². The smallest absolute Gasteiger partial charge is 0.0589 e. The van der Waals surface area contributed by atoms with Crippen LogP contribution in [0.15, 0.2) is 54.9 Å². The van der Waals surface area contributed by atoms with Crippen LogP contribution in [0.25, 0.3) is 10.9 Å². The van der Waals surface area contributed by atoms with Crippen molar-refractivity contribution in [2.75, 3.05) is 0 Å². The molecule has 0 saturated heterocycles. The van der Waals surface area contributed by atoms with Gasteiger partial charge in [0.05, 0.1) is 6.04 Å². The molecule has 1 aromatic carbocycles. The highest BCUT2D eigenvalue weighted by Crippen LogP contribution is 2.30. The number of para-hydroxylation sites is 1. The van der Waals surface area contributed by atoms with Crippen LogP contribution in [0.5, 0.6) is 0 Å². The van der Waals surface area contributed by atoms with Crippen molar-refractivity contribution in [3.8, 4) is 0 Å². The van der Waals surface area contributed by atoms with Gasteiger partial charge in [-0.3, -0.25) is 4.98 Å². The Bertz CT molecular complexity index is 698. The molecule has 1 atom stereocenters. The maximum absolute atomic E-state index is 4.14. The molecule has 3 aromatic rings. The fraction of sp³-hybridized carbons (Fsp3) is 0.278. The SMILES string of the molecule is CCCC(c1ccncc1)n1c(C)cc2ccccc21. The minimum Gasteiger partial charge on any atom is -0.337 e. The van der Waals surface area contributed by atoms with Crippen LogP contribution in [0.4, 0.5) is 0 Å². The molecule has 0 fully saturated rings. The van der Waals surface area contributed by atoms with E-state index in [0.29, 0.717) is 6.04 Å².